The molecule has 1 unspecified atom stereocenters. The van der Waals surface area contributed by atoms with Crippen LogP contribution in [0.1, 0.15) is 48.5 Å². The lowest BCUT2D eigenvalue weighted by Crippen LogP contribution is -2.27. The van der Waals surface area contributed by atoms with E-state index in [-0.39, 0.29) is 41.2 Å². The number of benzene rings is 3. The molecular weight excluding hydrogens is 468 g/mol. The zero-order valence-electron chi connectivity index (χ0n) is 19.6. The smallest absolute Gasteiger partial charge is 0.232 e. The molecule has 8 nitrogen and oxygen atoms in total. The summed E-state index contributed by atoms with van der Waals surface area (Å²) in [5.74, 6) is -0.0457. The largest absolute Gasteiger partial charge is 0.508 e. The highest BCUT2D eigenvalue weighted by molar-refractivity contribution is 7.92. The molecule has 0 heterocycles. The van der Waals surface area contributed by atoms with Crippen LogP contribution >= 0.6 is 0 Å². The van der Waals surface area contributed by atoms with Gasteiger partial charge in [0.25, 0.3) is 0 Å². The van der Waals surface area contributed by atoms with E-state index in [0.29, 0.717) is 18.5 Å². The normalized spacial score (nSPS) is 12.5. The van der Waals surface area contributed by atoms with Crippen LogP contribution < -0.4 is 10.0 Å². The van der Waals surface area contributed by atoms with Gasteiger partial charge in [-0.15, -0.1) is 0 Å². The van der Waals surface area contributed by atoms with Crippen molar-refractivity contribution in [2.75, 3.05) is 23.6 Å². The Balaban J connectivity index is 1.69. The van der Waals surface area contributed by atoms with Crippen molar-refractivity contribution in [1.82, 2.24) is 5.32 Å². The van der Waals surface area contributed by atoms with E-state index in [1.807, 2.05) is 31.2 Å². The van der Waals surface area contributed by atoms with Gasteiger partial charge in [0.1, 0.15) is 17.2 Å². The monoisotopic (exact) mass is 500 g/mol. The fourth-order valence-electron chi connectivity index (χ4n) is 3.72. The predicted molar refractivity (Wildman–Crippen MR) is 136 cm³/mol. The Bertz CT molecular complexity index is 1150. The number of aliphatic hydroxyl groups is 1. The minimum Gasteiger partial charge on any atom is -0.508 e. The first-order chi connectivity index (χ1) is 16.7. The molecule has 0 fully saturated rings. The first-order valence-corrected chi connectivity index (χ1v) is 13.1. The standard InChI is InChI=1S/C26H32N2O6S/c1-2-3-14-35(33,34)28-24-15-20(8-13-25(24)31)26(32)17-27-16-23(18-4-9-21(29)10-5-18)19-6-11-22(30)12-7-19/h4-13,15,23,26-32H,2-3,14,16-17H2,1H3. The van der Waals surface area contributed by atoms with Crippen LogP contribution in [0.15, 0.2) is 66.7 Å². The Hall–Kier alpha value is -3.27. The van der Waals surface area contributed by atoms with Crippen LogP contribution in [-0.4, -0.2) is 47.7 Å². The molecule has 6 N–H and O–H groups in total. The first kappa shape index (κ1) is 26.3. The van der Waals surface area contributed by atoms with Gasteiger partial charge in [-0.2, -0.15) is 0 Å². The molecule has 9 heteroatoms. The molecule has 3 rings (SSSR count). The molecule has 188 valence electrons. The molecule has 0 aliphatic rings. The van der Waals surface area contributed by atoms with Crippen molar-refractivity contribution >= 4 is 15.7 Å². The first-order valence-electron chi connectivity index (χ1n) is 11.5. The van der Waals surface area contributed by atoms with Crippen molar-refractivity contribution in [3.8, 4) is 17.2 Å². The molecular formula is C26H32N2O6S. The van der Waals surface area contributed by atoms with Crippen molar-refractivity contribution in [3.63, 3.8) is 0 Å². The summed E-state index contributed by atoms with van der Waals surface area (Å²) in [6.45, 7) is 2.53. The topological polar surface area (TPSA) is 139 Å². The van der Waals surface area contributed by atoms with Crippen LogP contribution in [0.25, 0.3) is 0 Å². The summed E-state index contributed by atoms with van der Waals surface area (Å²) in [6, 6.07) is 18.0. The van der Waals surface area contributed by atoms with Gasteiger partial charge in [-0.1, -0.05) is 43.7 Å². The van der Waals surface area contributed by atoms with Gasteiger partial charge < -0.3 is 25.7 Å². The maximum atomic E-state index is 12.2. The summed E-state index contributed by atoms with van der Waals surface area (Å²) in [5, 5.41) is 43.3. The average Bonchev–Trinajstić information content (AvgIpc) is 2.83. The molecule has 0 aromatic heterocycles. The highest BCUT2D eigenvalue weighted by Gasteiger charge is 2.18. The quantitative estimate of drug-likeness (QED) is 0.208. The van der Waals surface area contributed by atoms with E-state index in [1.165, 1.54) is 12.1 Å². The third-order valence-corrected chi connectivity index (χ3v) is 7.07. The average molecular weight is 501 g/mol. The Kier molecular flexibility index (Phi) is 8.97. The Morgan fingerprint density at radius 3 is 1.89 bits per heavy atom. The van der Waals surface area contributed by atoms with E-state index in [9.17, 15) is 28.8 Å². The van der Waals surface area contributed by atoms with E-state index in [4.69, 9.17) is 0 Å². The summed E-state index contributed by atoms with van der Waals surface area (Å²) in [5.41, 5.74) is 2.38. The lowest BCUT2D eigenvalue weighted by Gasteiger charge is -2.21. The van der Waals surface area contributed by atoms with Crippen LogP contribution in [-0.2, 0) is 10.0 Å². The number of rotatable bonds is 12. The van der Waals surface area contributed by atoms with Gasteiger partial charge in [0, 0.05) is 19.0 Å². The van der Waals surface area contributed by atoms with Gasteiger partial charge in [0.15, 0.2) is 0 Å². The van der Waals surface area contributed by atoms with Gasteiger partial charge in [0.05, 0.1) is 17.5 Å². The SMILES string of the molecule is CCCCS(=O)(=O)Nc1cc(C(O)CNCC(c2ccc(O)cc2)c2ccc(O)cc2)ccc1O. The van der Waals surface area contributed by atoms with Crippen LogP contribution in [0, 0.1) is 0 Å². The van der Waals surface area contributed by atoms with E-state index in [1.54, 1.807) is 30.3 Å². The lowest BCUT2D eigenvalue weighted by atomic mass is 9.91. The van der Waals surface area contributed by atoms with E-state index in [2.05, 4.69) is 10.0 Å². The third kappa shape index (κ3) is 7.61. The summed E-state index contributed by atoms with van der Waals surface area (Å²) >= 11 is 0. The Morgan fingerprint density at radius 1 is 0.800 bits per heavy atom. The molecule has 35 heavy (non-hydrogen) atoms. The maximum absolute atomic E-state index is 12.2. The van der Waals surface area contributed by atoms with Crippen LogP contribution in [0.4, 0.5) is 5.69 Å². The molecule has 0 bridgehead atoms. The molecule has 0 saturated heterocycles. The number of hydrogen-bond acceptors (Lipinski definition) is 7. The second-order valence-corrected chi connectivity index (χ2v) is 10.3. The molecule has 1 atom stereocenters. The molecule has 0 aliphatic heterocycles. The summed E-state index contributed by atoms with van der Waals surface area (Å²) < 4.78 is 26.8. The number of unbranched alkanes of at least 4 members (excludes halogenated alkanes) is 1. The summed E-state index contributed by atoms with van der Waals surface area (Å²) in [4.78, 5) is 0. The van der Waals surface area contributed by atoms with E-state index < -0.39 is 16.1 Å². The van der Waals surface area contributed by atoms with Crippen LogP contribution in [0.5, 0.6) is 17.2 Å². The highest BCUT2D eigenvalue weighted by Crippen LogP contribution is 2.29. The second kappa shape index (κ2) is 11.9. The van der Waals surface area contributed by atoms with Crippen molar-refractivity contribution < 1.29 is 28.8 Å². The Morgan fingerprint density at radius 2 is 1.34 bits per heavy atom. The van der Waals surface area contributed by atoms with Crippen molar-refractivity contribution in [3.05, 3.63) is 83.4 Å². The number of aliphatic hydroxyl groups excluding tert-OH is 1. The van der Waals surface area contributed by atoms with Crippen molar-refractivity contribution in [2.24, 2.45) is 0 Å². The Labute approximate surface area is 206 Å². The number of phenolic OH excluding ortho intramolecular Hbond substituents is 3. The molecule has 0 saturated carbocycles. The molecule has 3 aromatic carbocycles. The molecule has 0 spiro atoms. The lowest BCUT2D eigenvalue weighted by molar-refractivity contribution is 0.174. The van der Waals surface area contributed by atoms with Gasteiger partial charge >= 0.3 is 0 Å². The number of anilines is 1. The van der Waals surface area contributed by atoms with Gasteiger partial charge in [-0.05, 0) is 59.5 Å². The number of phenols is 3. The van der Waals surface area contributed by atoms with E-state index >= 15 is 0 Å². The van der Waals surface area contributed by atoms with Gasteiger partial charge in [0.2, 0.25) is 10.0 Å². The molecule has 0 aliphatic carbocycles. The minimum absolute atomic E-state index is 0.0312. The molecule has 0 amide bonds. The van der Waals surface area contributed by atoms with E-state index in [0.717, 1.165) is 17.5 Å². The summed E-state index contributed by atoms with van der Waals surface area (Å²) in [6.07, 6.45) is 0.285. The van der Waals surface area contributed by atoms with Crippen LogP contribution in [0.2, 0.25) is 0 Å². The third-order valence-electron chi connectivity index (χ3n) is 5.71. The fraction of sp³-hybridized carbons (Fsp3) is 0.308. The van der Waals surface area contributed by atoms with Crippen LogP contribution in [0.3, 0.4) is 0 Å². The minimum atomic E-state index is -3.60. The number of hydrogen-bond donors (Lipinski definition) is 6. The summed E-state index contributed by atoms with van der Waals surface area (Å²) in [7, 11) is -3.60. The molecule has 3 aromatic rings. The van der Waals surface area contributed by atoms with Crippen molar-refractivity contribution in [2.45, 2.75) is 31.8 Å². The number of aromatic hydroxyl groups is 3. The number of sulfonamides is 1. The van der Waals surface area contributed by atoms with Gasteiger partial charge in [-0.3, -0.25) is 4.72 Å². The molecule has 0 radical (unpaired) electrons. The number of nitrogens with one attached hydrogen (secondary N) is 2. The zero-order valence-corrected chi connectivity index (χ0v) is 20.4. The highest BCUT2D eigenvalue weighted by atomic mass is 32.2. The van der Waals surface area contributed by atoms with Gasteiger partial charge in [-0.25, -0.2) is 8.42 Å². The zero-order chi connectivity index (χ0) is 25.4. The fourth-order valence-corrected chi connectivity index (χ4v) is 4.99. The second-order valence-electron chi connectivity index (χ2n) is 8.46. The predicted octanol–water partition coefficient (Wildman–Crippen LogP) is 3.80. The van der Waals surface area contributed by atoms with Crippen molar-refractivity contribution in [1.29, 1.82) is 0 Å². The maximum Gasteiger partial charge on any atom is 0.232 e.